The lowest BCUT2D eigenvalue weighted by Crippen LogP contribution is -2.01. The molecule has 0 radical (unpaired) electrons. The van der Waals surface area contributed by atoms with E-state index in [1.54, 1.807) is 18.3 Å². The first-order chi connectivity index (χ1) is 8.75. The van der Waals surface area contributed by atoms with E-state index in [0.29, 0.717) is 21.8 Å². The molecule has 0 unspecified atom stereocenters. The summed E-state index contributed by atoms with van der Waals surface area (Å²) in [6.07, 6.45) is 3.89. The van der Waals surface area contributed by atoms with Crippen LogP contribution < -0.4 is 0 Å². The molecule has 2 aromatic rings. The molecule has 1 aliphatic rings. The molecule has 2 aromatic heterocycles. The second-order valence-corrected chi connectivity index (χ2v) is 5.11. The molecule has 0 aromatic carbocycles. The number of pyridine rings is 1. The quantitative estimate of drug-likeness (QED) is 0.781. The van der Waals surface area contributed by atoms with Crippen molar-refractivity contribution >= 4 is 17.5 Å². The molecule has 2 heterocycles. The normalized spacial score (nSPS) is 14.7. The van der Waals surface area contributed by atoms with Crippen LogP contribution in [0.25, 0.3) is 0 Å². The zero-order chi connectivity index (χ0) is 12.5. The van der Waals surface area contributed by atoms with Crippen molar-refractivity contribution in [3.05, 3.63) is 23.9 Å². The topological polar surface area (TPSA) is 73.6 Å². The van der Waals surface area contributed by atoms with Gasteiger partial charge in [-0.05, 0) is 54.1 Å². The molecule has 0 saturated heterocycles. The predicted molar refractivity (Wildman–Crippen MR) is 64.5 cm³/mol. The Morgan fingerprint density at radius 2 is 2.33 bits per heavy atom. The molecule has 92 valence electrons. The Bertz CT molecular complexity index is 593. The van der Waals surface area contributed by atoms with Gasteiger partial charge >= 0.3 is 0 Å². The van der Waals surface area contributed by atoms with Crippen molar-refractivity contribution in [3.8, 4) is 0 Å². The molecular formula is C11H11N5OS. The van der Waals surface area contributed by atoms with Crippen LogP contribution in [0.1, 0.15) is 36.2 Å². The number of carbonyl (C=O) groups excluding carboxylic acids is 1. The fourth-order valence-corrected chi connectivity index (χ4v) is 2.59. The summed E-state index contributed by atoms with van der Waals surface area (Å²) in [5, 5.41) is 13.0. The zero-order valence-electron chi connectivity index (χ0n) is 9.78. The maximum atomic E-state index is 11.5. The van der Waals surface area contributed by atoms with Crippen LogP contribution in [0.2, 0.25) is 0 Å². The number of Topliss-reactive ketones (excluding diaryl/α,β-unsaturated/α-hetero) is 1. The average molecular weight is 261 g/mol. The average Bonchev–Trinajstić information content (AvgIpc) is 3.11. The van der Waals surface area contributed by atoms with E-state index in [4.69, 9.17) is 0 Å². The lowest BCUT2D eigenvalue weighted by Gasteiger charge is -2.04. The smallest absolute Gasteiger partial charge is 0.215 e. The van der Waals surface area contributed by atoms with Gasteiger partial charge in [-0.1, -0.05) is 0 Å². The van der Waals surface area contributed by atoms with Crippen LogP contribution in [0.3, 0.4) is 0 Å². The minimum absolute atomic E-state index is 0.00366. The minimum atomic E-state index is -0.00366. The van der Waals surface area contributed by atoms with E-state index in [2.05, 4.69) is 20.5 Å². The van der Waals surface area contributed by atoms with Crippen molar-refractivity contribution in [2.75, 3.05) is 0 Å². The molecule has 6 nitrogen and oxygen atoms in total. The summed E-state index contributed by atoms with van der Waals surface area (Å²) in [4.78, 5) is 15.7. The van der Waals surface area contributed by atoms with Gasteiger partial charge in [-0.25, -0.2) is 9.67 Å². The van der Waals surface area contributed by atoms with Gasteiger partial charge in [0, 0.05) is 11.8 Å². The molecule has 0 amide bonds. The van der Waals surface area contributed by atoms with Crippen LogP contribution in [0.15, 0.2) is 28.5 Å². The molecular weight excluding hydrogens is 250 g/mol. The van der Waals surface area contributed by atoms with E-state index in [1.807, 2.05) is 4.68 Å². The van der Waals surface area contributed by atoms with Gasteiger partial charge in [0.2, 0.25) is 5.16 Å². The van der Waals surface area contributed by atoms with E-state index >= 15 is 0 Å². The van der Waals surface area contributed by atoms with E-state index < -0.39 is 0 Å². The van der Waals surface area contributed by atoms with E-state index in [0.717, 1.165) is 12.8 Å². The molecule has 0 bridgehead atoms. The molecule has 3 rings (SSSR count). The molecule has 18 heavy (non-hydrogen) atoms. The molecule has 1 fully saturated rings. The van der Waals surface area contributed by atoms with Gasteiger partial charge in [0.25, 0.3) is 0 Å². The summed E-state index contributed by atoms with van der Waals surface area (Å²) in [5.74, 6) is -0.00366. The highest BCUT2D eigenvalue weighted by molar-refractivity contribution is 7.99. The summed E-state index contributed by atoms with van der Waals surface area (Å²) in [6, 6.07) is 3.93. The lowest BCUT2D eigenvalue weighted by atomic mass is 10.2. The second-order valence-electron chi connectivity index (χ2n) is 4.15. The monoisotopic (exact) mass is 261 g/mol. The number of ketones is 1. The van der Waals surface area contributed by atoms with Crippen molar-refractivity contribution in [1.29, 1.82) is 0 Å². The van der Waals surface area contributed by atoms with Gasteiger partial charge in [0.15, 0.2) is 5.78 Å². The van der Waals surface area contributed by atoms with Crippen molar-refractivity contribution in [2.45, 2.75) is 36.0 Å². The minimum Gasteiger partial charge on any atom is -0.294 e. The Morgan fingerprint density at radius 1 is 1.50 bits per heavy atom. The maximum Gasteiger partial charge on any atom is 0.215 e. The summed E-state index contributed by atoms with van der Waals surface area (Å²) in [7, 11) is 0. The number of tetrazole rings is 1. The number of aromatic nitrogens is 5. The molecule has 1 aliphatic carbocycles. The lowest BCUT2D eigenvalue weighted by molar-refractivity contribution is 0.101. The third kappa shape index (κ3) is 2.13. The van der Waals surface area contributed by atoms with E-state index in [-0.39, 0.29) is 5.78 Å². The SMILES string of the molecule is CC(=O)c1cccnc1Sc1nnnn1C1CC1. The van der Waals surface area contributed by atoms with Gasteiger partial charge < -0.3 is 0 Å². The standard InChI is InChI=1S/C11H11N5OS/c1-7(17)9-3-2-6-12-10(9)18-11-13-14-15-16(11)8-4-5-8/h2-3,6,8H,4-5H2,1H3. The predicted octanol–water partition coefficient (Wildman–Crippen LogP) is 1.76. The third-order valence-electron chi connectivity index (χ3n) is 2.69. The van der Waals surface area contributed by atoms with Crippen molar-refractivity contribution in [3.63, 3.8) is 0 Å². The number of hydrogen-bond donors (Lipinski definition) is 0. The highest BCUT2D eigenvalue weighted by Gasteiger charge is 2.28. The fourth-order valence-electron chi connectivity index (χ4n) is 1.63. The first kappa shape index (κ1) is 11.3. The van der Waals surface area contributed by atoms with Gasteiger partial charge in [0.05, 0.1) is 6.04 Å². The van der Waals surface area contributed by atoms with Gasteiger partial charge in [-0.15, -0.1) is 5.10 Å². The molecule has 0 atom stereocenters. The molecule has 7 heteroatoms. The fraction of sp³-hybridized carbons (Fsp3) is 0.364. The van der Waals surface area contributed by atoms with Crippen LogP contribution in [-0.4, -0.2) is 31.0 Å². The van der Waals surface area contributed by atoms with Crippen LogP contribution in [0, 0.1) is 0 Å². The number of hydrogen-bond acceptors (Lipinski definition) is 6. The van der Waals surface area contributed by atoms with Crippen LogP contribution >= 0.6 is 11.8 Å². The highest BCUT2D eigenvalue weighted by Crippen LogP contribution is 2.38. The van der Waals surface area contributed by atoms with Gasteiger partial charge in [-0.3, -0.25) is 4.79 Å². The maximum absolute atomic E-state index is 11.5. The zero-order valence-corrected chi connectivity index (χ0v) is 10.6. The van der Waals surface area contributed by atoms with Gasteiger partial charge in [-0.2, -0.15) is 0 Å². The largest absolute Gasteiger partial charge is 0.294 e. The summed E-state index contributed by atoms with van der Waals surface area (Å²) in [6.45, 7) is 1.53. The summed E-state index contributed by atoms with van der Waals surface area (Å²) < 4.78 is 1.81. The van der Waals surface area contributed by atoms with Crippen LogP contribution in [-0.2, 0) is 0 Å². The van der Waals surface area contributed by atoms with Crippen molar-refractivity contribution in [1.82, 2.24) is 25.2 Å². The molecule has 0 spiro atoms. The number of nitrogens with zero attached hydrogens (tertiary/aromatic N) is 5. The number of carbonyl (C=O) groups is 1. The first-order valence-electron chi connectivity index (χ1n) is 5.67. The number of rotatable bonds is 4. The Labute approximate surface area is 108 Å². The van der Waals surface area contributed by atoms with Crippen molar-refractivity contribution < 1.29 is 4.79 Å². The summed E-state index contributed by atoms with van der Waals surface area (Å²) >= 11 is 1.34. The molecule has 0 aliphatic heterocycles. The van der Waals surface area contributed by atoms with Crippen LogP contribution in [0.5, 0.6) is 0 Å². The Morgan fingerprint density at radius 3 is 3.06 bits per heavy atom. The van der Waals surface area contributed by atoms with E-state index in [9.17, 15) is 4.79 Å². The Balaban J connectivity index is 1.92. The van der Waals surface area contributed by atoms with E-state index in [1.165, 1.54) is 18.7 Å². The third-order valence-corrected chi connectivity index (χ3v) is 3.66. The highest BCUT2D eigenvalue weighted by atomic mass is 32.2. The Hall–Kier alpha value is -1.76. The Kier molecular flexibility index (Phi) is 2.83. The van der Waals surface area contributed by atoms with Gasteiger partial charge in [0.1, 0.15) is 5.03 Å². The van der Waals surface area contributed by atoms with Crippen LogP contribution in [0.4, 0.5) is 0 Å². The molecule has 0 N–H and O–H groups in total. The molecule has 1 saturated carbocycles. The second kappa shape index (κ2) is 4.49. The summed E-state index contributed by atoms with van der Waals surface area (Å²) in [5.41, 5.74) is 0.604. The first-order valence-corrected chi connectivity index (χ1v) is 6.49. The van der Waals surface area contributed by atoms with Crippen molar-refractivity contribution in [2.24, 2.45) is 0 Å².